The van der Waals surface area contributed by atoms with Crippen LogP contribution in [0, 0.1) is 0 Å². The lowest BCUT2D eigenvalue weighted by atomic mass is 10.1. The Balaban J connectivity index is 1.20. The van der Waals surface area contributed by atoms with E-state index in [1.54, 1.807) is 4.90 Å². The number of carbonyl (C=O) groups is 1. The number of hydrogen-bond donors (Lipinski definition) is 1. The third-order valence-corrected chi connectivity index (χ3v) is 7.44. The largest absolute Gasteiger partial charge is 0.573 e. The molecular formula is C29H25F3N6O2S2. The number of benzene rings is 3. The van der Waals surface area contributed by atoms with Crippen LogP contribution in [0.3, 0.4) is 0 Å². The smallest absolute Gasteiger partial charge is 0.406 e. The van der Waals surface area contributed by atoms with Gasteiger partial charge in [0.1, 0.15) is 12.1 Å². The van der Waals surface area contributed by atoms with Crippen LogP contribution in [-0.4, -0.2) is 49.6 Å². The molecule has 1 aliphatic heterocycles. The molecule has 1 amide bonds. The number of nitrogens with one attached hydrogen (secondary N) is 1. The zero-order valence-corrected chi connectivity index (χ0v) is 24.0. The molecule has 8 nitrogen and oxygen atoms in total. The van der Waals surface area contributed by atoms with E-state index in [2.05, 4.69) is 25.1 Å². The number of amidine groups is 1. The second kappa shape index (κ2) is 12.7. The summed E-state index contributed by atoms with van der Waals surface area (Å²) in [6.45, 7) is 2.57. The van der Waals surface area contributed by atoms with E-state index < -0.39 is 6.36 Å². The Morgan fingerprint density at radius 3 is 2.67 bits per heavy atom. The molecule has 0 bridgehead atoms. The van der Waals surface area contributed by atoms with Gasteiger partial charge in [0.2, 0.25) is 5.91 Å². The first-order chi connectivity index (χ1) is 20.2. The second-order valence-electron chi connectivity index (χ2n) is 9.13. The van der Waals surface area contributed by atoms with Crippen LogP contribution in [0.25, 0.3) is 17.1 Å². The summed E-state index contributed by atoms with van der Waals surface area (Å²) in [5.41, 5.74) is 4.24. The Morgan fingerprint density at radius 2 is 1.90 bits per heavy atom. The van der Waals surface area contributed by atoms with Crippen LogP contribution >= 0.6 is 24.0 Å². The molecule has 13 heteroatoms. The summed E-state index contributed by atoms with van der Waals surface area (Å²) in [5, 5.41) is 8.48. The summed E-state index contributed by atoms with van der Waals surface area (Å²) in [7, 11) is 0. The standard InChI is InChI=1S/C29H25F3N6O2S2/c1-2-20-7-3-4-9-24(20)38-25(39)17-42-28(38)35-27(41)33-15-14-19-6-5-8-21(16-19)26-34-18-37(36-26)22-10-12-23(13-11-22)40-29(30,31)32/h3-13,16,18H,2,14-15,17H2,1H3,(H,33,41). The molecular weight excluding hydrogens is 585 g/mol. The minimum Gasteiger partial charge on any atom is -0.406 e. The number of nitrogens with zero attached hydrogens (tertiary/aromatic N) is 5. The highest BCUT2D eigenvalue weighted by atomic mass is 32.2. The fourth-order valence-electron chi connectivity index (χ4n) is 4.34. The average molecular weight is 611 g/mol. The van der Waals surface area contributed by atoms with E-state index in [1.807, 2.05) is 55.5 Å². The summed E-state index contributed by atoms with van der Waals surface area (Å²) >= 11 is 6.82. The molecule has 1 saturated heterocycles. The fourth-order valence-corrected chi connectivity index (χ4v) is 5.45. The maximum atomic E-state index is 12.6. The third kappa shape index (κ3) is 7.15. The minimum atomic E-state index is -4.75. The van der Waals surface area contributed by atoms with Gasteiger partial charge >= 0.3 is 6.36 Å². The number of thioether (sulfide) groups is 1. The van der Waals surface area contributed by atoms with Gasteiger partial charge in [0.15, 0.2) is 16.1 Å². The van der Waals surface area contributed by atoms with Crippen LogP contribution in [0.4, 0.5) is 18.9 Å². The van der Waals surface area contributed by atoms with Crippen molar-refractivity contribution in [3.8, 4) is 22.8 Å². The van der Waals surface area contributed by atoms with Gasteiger partial charge in [-0.3, -0.25) is 9.69 Å². The van der Waals surface area contributed by atoms with Crippen molar-refractivity contribution in [3.05, 3.63) is 90.3 Å². The van der Waals surface area contributed by atoms with Crippen molar-refractivity contribution in [3.63, 3.8) is 0 Å². The lowest BCUT2D eigenvalue weighted by Gasteiger charge is -2.19. The molecule has 1 aliphatic rings. The lowest BCUT2D eigenvalue weighted by Crippen LogP contribution is -2.32. The zero-order chi connectivity index (χ0) is 29.7. The molecule has 1 aromatic heterocycles. The topological polar surface area (TPSA) is 84.6 Å². The van der Waals surface area contributed by atoms with Crippen molar-refractivity contribution < 1.29 is 22.7 Å². The Morgan fingerprint density at radius 1 is 1.12 bits per heavy atom. The number of anilines is 1. The number of aliphatic imine (C=N–C) groups is 1. The number of para-hydroxylation sites is 1. The maximum Gasteiger partial charge on any atom is 0.573 e. The average Bonchev–Trinajstić information content (AvgIpc) is 3.60. The fraction of sp³-hybridized carbons (Fsp3) is 0.207. The van der Waals surface area contributed by atoms with Gasteiger partial charge in [-0.1, -0.05) is 55.1 Å². The molecule has 5 rings (SSSR count). The number of ether oxygens (including phenoxy) is 1. The third-order valence-electron chi connectivity index (χ3n) is 6.28. The van der Waals surface area contributed by atoms with Gasteiger partial charge in [-0.25, -0.2) is 9.67 Å². The van der Waals surface area contributed by atoms with Crippen LogP contribution in [0.1, 0.15) is 18.1 Å². The number of alkyl halides is 3. The van der Waals surface area contributed by atoms with Crippen LogP contribution in [0.15, 0.2) is 84.1 Å². The highest BCUT2D eigenvalue weighted by Gasteiger charge is 2.32. The van der Waals surface area contributed by atoms with Crippen LogP contribution in [-0.2, 0) is 17.6 Å². The number of carbonyl (C=O) groups excluding carboxylic acids is 1. The molecule has 1 N–H and O–H groups in total. The number of halogens is 3. The molecule has 1 fully saturated rings. The molecule has 0 radical (unpaired) electrons. The molecule has 2 heterocycles. The Kier molecular flexibility index (Phi) is 8.88. The number of aryl methyl sites for hydroxylation is 1. The van der Waals surface area contributed by atoms with Crippen molar-refractivity contribution in [2.24, 2.45) is 4.99 Å². The van der Waals surface area contributed by atoms with E-state index in [-0.39, 0.29) is 11.7 Å². The highest BCUT2D eigenvalue weighted by molar-refractivity contribution is 8.15. The molecule has 0 atom stereocenters. The first-order valence-electron chi connectivity index (χ1n) is 13.0. The highest BCUT2D eigenvalue weighted by Crippen LogP contribution is 2.30. The van der Waals surface area contributed by atoms with Gasteiger partial charge in [-0.05, 0) is 72.6 Å². The molecule has 42 heavy (non-hydrogen) atoms. The van der Waals surface area contributed by atoms with Gasteiger partial charge in [0, 0.05) is 12.1 Å². The number of hydrogen-bond acceptors (Lipinski definition) is 6. The molecule has 0 spiro atoms. The lowest BCUT2D eigenvalue weighted by molar-refractivity contribution is -0.274. The molecule has 0 saturated carbocycles. The quantitative estimate of drug-likeness (QED) is 0.247. The zero-order valence-electron chi connectivity index (χ0n) is 22.3. The monoisotopic (exact) mass is 610 g/mol. The first kappa shape index (κ1) is 29.3. The van der Waals surface area contributed by atoms with E-state index >= 15 is 0 Å². The Bertz CT molecular complexity index is 1620. The summed E-state index contributed by atoms with van der Waals surface area (Å²) < 4.78 is 42.6. The van der Waals surface area contributed by atoms with Gasteiger partial charge in [0.05, 0.1) is 17.1 Å². The van der Waals surface area contributed by atoms with Gasteiger partial charge in [-0.2, -0.15) is 4.99 Å². The molecule has 3 aromatic carbocycles. The van der Waals surface area contributed by atoms with E-state index in [9.17, 15) is 18.0 Å². The number of amides is 1. The van der Waals surface area contributed by atoms with Crippen molar-refractivity contribution >= 4 is 45.9 Å². The summed E-state index contributed by atoms with van der Waals surface area (Å²) in [6.07, 6.45) is -1.81. The number of thiocarbonyl (C=S) groups is 1. The number of aromatic nitrogens is 3. The molecule has 0 aliphatic carbocycles. The minimum absolute atomic E-state index is 0.0252. The normalized spacial score (nSPS) is 14.4. The summed E-state index contributed by atoms with van der Waals surface area (Å²) in [5.74, 6) is 0.447. The molecule has 0 unspecified atom stereocenters. The van der Waals surface area contributed by atoms with Crippen LogP contribution in [0.2, 0.25) is 0 Å². The predicted octanol–water partition coefficient (Wildman–Crippen LogP) is 5.95. The van der Waals surface area contributed by atoms with Gasteiger partial charge in [0.25, 0.3) is 0 Å². The predicted molar refractivity (Wildman–Crippen MR) is 161 cm³/mol. The Labute approximate surface area is 249 Å². The second-order valence-corrected chi connectivity index (χ2v) is 10.5. The van der Waals surface area contributed by atoms with Crippen molar-refractivity contribution in [1.29, 1.82) is 0 Å². The summed E-state index contributed by atoms with van der Waals surface area (Å²) in [6, 6.07) is 20.9. The van der Waals surface area contributed by atoms with Crippen LogP contribution in [0.5, 0.6) is 5.75 Å². The molecule has 4 aromatic rings. The summed E-state index contributed by atoms with van der Waals surface area (Å²) in [4.78, 5) is 23.2. The maximum absolute atomic E-state index is 12.6. The van der Waals surface area contributed by atoms with Gasteiger partial charge < -0.3 is 10.1 Å². The van der Waals surface area contributed by atoms with E-state index in [0.717, 1.165) is 28.8 Å². The van der Waals surface area contributed by atoms with E-state index in [4.69, 9.17) is 12.2 Å². The van der Waals surface area contributed by atoms with Crippen LogP contribution < -0.4 is 15.0 Å². The SMILES string of the molecule is CCc1ccccc1N1C(=O)CSC1=NC(=S)NCCc1cccc(-c2ncn(-c3ccc(OC(F)(F)F)cc3)n2)c1. The van der Waals surface area contributed by atoms with Crippen molar-refractivity contribution in [2.45, 2.75) is 26.1 Å². The van der Waals surface area contributed by atoms with Crippen molar-refractivity contribution in [1.82, 2.24) is 20.1 Å². The van der Waals surface area contributed by atoms with E-state index in [1.165, 1.54) is 47.0 Å². The van der Waals surface area contributed by atoms with Crippen molar-refractivity contribution in [2.75, 3.05) is 17.2 Å². The first-order valence-corrected chi connectivity index (χ1v) is 14.4. The van der Waals surface area contributed by atoms with Gasteiger partial charge in [-0.15, -0.1) is 18.3 Å². The van der Waals surface area contributed by atoms with E-state index in [0.29, 0.717) is 40.5 Å². The molecule has 216 valence electrons. The number of rotatable bonds is 8. The Hall–Kier alpha value is -4.23.